The van der Waals surface area contributed by atoms with Gasteiger partial charge in [-0.25, -0.2) is 0 Å². The molecule has 3 N–H and O–H groups in total. The van der Waals surface area contributed by atoms with Crippen LogP contribution in [0.25, 0.3) is 0 Å². The Labute approximate surface area is 115 Å². The Morgan fingerprint density at radius 3 is 2.68 bits per heavy atom. The molecule has 2 rings (SSSR count). The first-order chi connectivity index (χ1) is 9.24. The van der Waals surface area contributed by atoms with Gasteiger partial charge in [-0.2, -0.15) is 0 Å². The van der Waals surface area contributed by atoms with E-state index in [1.54, 1.807) is 7.11 Å². The maximum absolute atomic E-state index is 9.84. The standard InChI is InChI=1S/C15H24N2O2/c1-19-15-6-5-12(14(18)10-16)9-13(15)11-17-7-3-2-4-8-17/h5-6,9,14,18H,2-4,7-8,10-11,16H2,1H3. The molecule has 0 spiro atoms. The van der Waals surface area contributed by atoms with Crippen molar-refractivity contribution in [2.45, 2.75) is 31.9 Å². The van der Waals surface area contributed by atoms with Gasteiger partial charge in [0.25, 0.3) is 0 Å². The fourth-order valence-corrected chi connectivity index (χ4v) is 2.62. The number of nitrogens with zero attached hydrogens (tertiary/aromatic N) is 1. The maximum atomic E-state index is 9.84. The van der Waals surface area contributed by atoms with Crippen molar-refractivity contribution in [3.8, 4) is 5.75 Å². The van der Waals surface area contributed by atoms with Crippen LogP contribution in [0.1, 0.15) is 36.5 Å². The smallest absolute Gasteiger partial charge is 0.123 e. The molecule has 0 bridgehead atoms. The third-order valence-corrected chi connectivity index (χ3v) is 3.76. The first-order valence-corrected chi connectivity index (χ1v) is 7.02. The van der Waals surface area contributed by atoms with Crippen molar-refractivity contribution in [1.82, 2.24) is 4.90 Å². The molecule has 1 aliphatic rings. The van der Waals surface area contributed by atoms with Gasteiger partial charge in [-0.3, -0.25) is 4.90 Å². The monoisotopic (exact) mass is 264 g/mol. The highest BCUT2D eigenvalue weighted by molar-refractivity contribution is 5.38. The maximum Gasteiger partial charge on any atom is 0.123 e. The fourth-order valence-electron chi connectivity index (χ4n) is 2.62. The zero-order valence-electron chi connectivity index (χ0n) is 11.6. The molecule has 1 saturated heterocycles. The zero-order valence-corrected chi connectivity index (χ0v) is 11.6. The largest absolute Gasteiger partial charge is 0.496 e. The normalized spacial score (nSPS) is 18.3. The van der Waals surface area contributed by atoms with Gasteiger partial charge < -0.3 is 15.6 Å². The fraction of sp³-hybridized carbons (Fsp3) is 0.600. The Hall–Kier alpha value is -1.10. The molecule has 0 saturated carbocycles. The van der Waals surface area contributed by atoms with E-state index in [0.717, 1.165) is 36.5 Å². The summed E-state index contributed by atoms with van der Waals surface area (Å²) in [7, 11) is 1.69. The summed E-state index contributed by atoms with van der Waals surface area (Å²) in [6.07, 6.45) is 3.28. The van der Waals surface area contributed by atoms with Gasteiger partial charge >= 0.3 is 0 Å². The summed E-state index contributed by atoms with van der Waals surface area (Å²) in [6.45, 7) is 3.42. The molecular weight excluding hydrogens is 240 g/mol. The second kappa shape index (κ2) is 6.89. The lowest BCUT2D eigenvalue weighted by Crippen LogP contribution is -2.29. The Morgan fingerprint density at radius 1 is 1.32 bits per heavy atom. The number of hydrogen-bond acceptors (Lipinski definition) is 4. The summed E-state index contributed by atoms with van der Waals surface area (Å²) < 4.78 is 5.42. The van der Waals surface area contributed by atoms with Crippen molar-refractivity contribution < 1.29 is 9.84 Å². The molecule has 4 heteroatoms. The van der Waals surface area contributed by atoms with Crippen LogP contribution in [0, 0.1) is 0 Å². The topological polar surface area (TPSA) is 58.7 Å². The first-order valence-electron chi connectivity index (χ1n) is 7.02. The third-order valence-electron chi connectivity index (χ3n) is 3.76. The van der Waals surface area contributed by atoms with Crippen LogP contribution in [0.2, 0.25) is 0 Å². The van der Waals surface area contributed by atoms with E-state index in [9.17, 15) is 5.11 Å². The molecule has 0 aromatic heterocycles. The number of methoxy groups -OCH3 is 1. The van der Waals surface area contributed by atoms with Crippen molar-refractivity contribution in [3.63, 3.8) is 0 Å². The first kappa shape index (κ1) is 14.3. The van der Waals surface area contributed by atoms with Gasteiger partial charge in [-0.15, -0.1) is 0 Å². The average Bonchev–Trinajstić information content (AvgIpc) is 2.47. The molecule has 4 nitrogen and oxygen atoms in total. The van der Waals surface area contributed by atoms with Crippen molar-refractivity contribution in [2.75, 3.05) is 26.7 Å². The molecule has 1 atom stereocenters. The number of likely N-dealkylation sites (tertiary alicyclic amines) is 1. The quantitative estimate of drug-likeness (QED) is 0.849. The molecular formula is C15H24N2O2. The van der Waals surface area contributed by atoms with E-state index in [1.165, 1.54) is 19.3 Å². The Bertz CT molecular complexity index is 403. The van der Waals surface area contributed by atoms with E-state index >= 15 is 0 Å². The SMILES string of the molecule is COc1ccc(C(O)CN)cc1CN1CCCCC1. The molecule has 1 unspecified atom stereocenters. The minimum Gasteiger partial charge on any atom is -0.496 e. The molecule has 0 radical (unpaired) electrons. The van der Waals surface area contributed by atoms with Crippen LogP contribution in [-0.4, -0.2) is 36.8 Å². The van der Waals surface area contributed by atoms with Crippen LogP contribution in [0.4, 0.5) is 0 Å². The number of rotatable bonds is 5. The summed E-state index contributed by atoms with van der Waals surface area (Å²) in [4.78, 5) is 2.44. The van der Waals surface area contributed by atoms with E-state index in [0.29, 0.717) is 0 Å². The van der Waals surface area contributed by atoms with Crippen LogP contribution >= 0.6 is 0 Å². The Kier molecular flexibility index (Phi) is 5.19. The van der Waals surface area contributed by atoms with Crippen LogP contribution in [0.5, 0.6) is 5.75 Å². The van der Waals surface area contributed by atoms with E-state index in [1.807, 2.05) is 18.2 Å². The molecule has 0 amide bonds. The number of piperidine rings is 1. The van der Waals surface area contributed by atoms with E-state index in [-0.39, 0.29) is 6.54 Å². The zero-order chi connectivity index (χ0) is 13.7. The van der Waals surface area contributed by atoms with Crippen molar-refractivity contribution in [2.24, 2.45) is 5.73 Å². The molecule has 1 fully saturated rings. The lowest BCUT2D eigenvalue weighted by atomic mass is 10.0. The average molecular weight is 264 g/mol. The molecule has 1 aliphatic heterocycles. The van der Waals surface area contributed by atoms with E-state index in [4.69, 9.17) is 10.5 Å². The number of ether oxygens (including phenoxy) is 1. The van der Waals surface area contributed by atoms with Crippen LogP contribution in [0.3, 0.4) is 0 Å². The van der Waals surface area contributed by atoms with Crippen LogP contribution in [-0.2, 0) is 6.54 Å². The highest BCUT2D eigenvalue weighted by Crippen LogP contribution is 2.25. The van der Waals surface area contributed by atoms with Gasteiger partial charge in [0.1, 0.15) is 5.75 Å². The summed E-state index contributed by atoms with van der Waals surface area (Å²) in [6, 6.07) is 5.83. The van der Waals surface area contributed by atoms with Crippen LogP contribution in [0.15, 0.2) is 18.2 Å². The molecule has 19 heavy (non-hydrogen) atoms. The highest BCUT2D eigenvalue weighted by Gasteiger charge is 2.15. The number of aliphatic hydroxyl groups excluding tert-OH is 1. The van der Waals surface area contributed by atoms with Gasteiger partial charge in [0.2, 0.25) is 0 Å². The van der Waals surface area contributed by atoms with Crippen LogP contribution < -0.4 is 10.5 Å². The van der Waals surface area contributed by atoms with E-state index in [2.05, 4.69) is 4.90 Å². The second-order valence-corrected chi connectivity index (χ2v) is 5.16. The third kappa shape index (κ3) is 3.69. The van der Waals surface area contributed by atoms with Gasteiger partial charge in [-0.05, 0) is 43.6 Å². The van der Waals surface area contributed by atoms with Crippen molar-refractivity contribution in [3.05, 3.63) is 29.3 Å². The van der Waals surface area contributed by atoms with Crippen molar-refractivity contribution >= 4 is 0 Å². The van der Waals surface area contributed by atoms with Gasteiger partial charge in [0, 0.05) is 18.7 Å². The summed E-state index contributed by atoms with van der Waals surface area (Å²) in [5, 5.41) is 9.84. The number of hydrogen-bond donors (Lipinski definition) is 2. The Morgan fingerprint density at radius 2 is 2.05 bits per heavy atom. The number of benzene rings is 1. The predicted octanol–water partition coefficient (Wildman–Crippen LogP) is 1.67. The predicted molar refractivity (Wildman–Crippen MR) is 76.1 cm³/mol. The lowest BCUT2D eigenvalue weighted by Gasteiger charge is -2.27. The molecule has 1 heterocycles. The summed E-state index contributed by atoms with van der Waals surface area (Å²) in [5.74, 6) is 0.888. The Balaban J connectivity index is 2.15. The number of nitrogens with two attached hydrogens (primary N) is 1. The second-order valence-electron chi connectivity index (χ2n) is 5.16. The molecule has 1 aromatic carbocycles. The number of aliphatic hydroxyl groups is 1. The molecule has 1 aromatic rings. The minimum atomic E-state index is -0.592. The van der Waals surface area contributed by atoms with Gasteiger partial charge in [-0.1, -0.05) is 12.5 Å². The lowest BCUT2D eigenvalue weighted by molar-refractivity contribution is 0.186. The van der Waals surface area contributed by atoms with Gasteiger partial charge in [0.15, 0.2) is 0 Å². The minimum absolute atomic E-state index is 0.246. The molecule has 106 valence electrons. The summed E-state index contributed by atoms with van der Waals surface area (Å²) >= 11 is 0. The molecule has 0 aliphatic carbocycles. The summed E-state index contributed by atoms with van der Waals surface area (Å²) in [5.41, 5.74) is 7.52. The highest BCUT2D eigenvalue weighted by atomic mass is 16.5. The van der Waals surface area contributed by atoms with Crippen molar-refractivity contribution in [1.29, 1.82) is 0 Å². The van der Waals surface area contributed by atoms with Gasteiger partial charge in [0.05, 0.1) is 13.2 Å². The van der Waals surface area contributed by atoms with E-state index < -0.39 is 6.10 Å².